The molecule has 1 rings (SSSR count). The van der Waals surface area contributed by atoms with Crippen molar-refractivity contribution in [3.8, 4) is 0 Å². The summed E-state index contributed by atoms with van der Waals surface area (Å²) in [5.74, 6) is 0. The fourth-order valence-corrected chi connectivity index (χ4v) is 0.811. The predicted octanol–water partition coefficient (Wildman–Crippen LogP) is 0.795. The summed E-state index contributed by atoms with van der Waals surface area (Å²) in [6.45, 7) is 2.67. The summed E-state index contributed by atoms with van der Waals surface area (Å²) in [5.41, 5.74) is 6.68. The summed E-state index contributed by atoms with van der Waals surface area (Å²) in [6, 6.07) is 10.3. The van der Waals surface area contributed by atoms with E-state index >= 15 is 0 Å². The van der Waals surface area contributed by atoms with Crippen molar-refractivity contribution in [3.63, 3.8) is 0 Å². The molecule has 82 valence electrons. The Morgan fingerprint density at radius 2 is 1.57 bits per heavy atom. The summed E-state index contributed by atoms with van der Waals surface area (Å²) in [5, 5.41) is 14.6. The van der Waals surface area contributed by atoms with Crippen LogP contribution in [0.2, 0.25) is 0 Å². The Kier molecular flexibility index (Phi) is 16.3. The van der Waals surface area contributed by atoms with Gasteiger partial charge in [0.25, 0.3) is 0 Å². The molecule has 3 heteroatoms. The predicted molar refractivity (Wildman–Crippen MR) is 60.1 cm³/mol. The number of aliphatic hydroxyl groups excluding tert-OH is 2. The average molecular weight is 199 g/mol. The number of nitrogens with two attached hydrogens (primary N) is 1. The molecule has 4 N–H and O–H groups in total. The number of hydrogen-bond donors (Lipinski definition) is 3. The molecule has 1 aromatic rings. The van der Waals surface area contributed by atoms with Crippen LogP contribution in [0.4, 0.5) is 0 Å². The molecule has 0 atom stereocenters. The van der Waals surface area contributed by atoms with E-state index in [1.165, 1.54) is 5.56 Å². The third kappa shape index (κ3) is 11.1. The standard InChI is InChI=1S/C8H11N.C2H6O.CH4O/c9-7-6-8-4-2-1-3-5-8;1-2-3;1-2/h1-5H,6-7,9H2;3H,2H2,1H3;2H,1H3. The SMILES string of the molecule is CCO.CO.NCCc1ccccc1. The Morgan fingerprint density at radius 3 is 1.93 bits per heavy atom. The van der Waals surface area contributed by atoms with Crippen molar-refractivity contribution in [2.24, 2.45) is 5.73 Å². The molecule has 0 aromatic heterocycles. The van der Waals surface area contributed by atoms with Gasteiger partial charge in [-0.2, -0.15) is 0 Å². The van der Waals surface area contributed by atoms with E-state index in [2.05, 4.69) is 12.1 Å². The molecule has 0 radical (unpaired) electrons. The number of rotatable bonds is 2. The van der Waals surface area contributed by atoms with Crippen molar-refractivity contribution in [1.82, 2.24) is 0 Å². The second-order valence-electron chi connectivity index (χ2n) is 2.34. The normalized spacial score (nSPS) is 7.79. The molecule has 0 aliphatic carbocycles. The van der Waals surface area contributed by atoms with E-state index in [1.54, 1.807) is 6.92 Å². The largest absolute Gasteiger partial charge is 0.400 e. The third-order valence-electron chi connectivity index (χ3n) is 1.28. The lowest BCUT2D eigenvalue weighted by atomic mass is 10.2. The van der Waals surface area contributed by atoms with Gasteiger partial charge in [-0.05, 0) is 25.5 Å². The van der Waals surface area contributed by atoms with Crippen LogP contribution in [0, 0.1) is 0 Å². The van der Waals surface area contributed by atoms with Crippen LogP contribution in [0.3, 0.4) is 0 Å². The minimum Gasteiger partial charge on any atom is -0.400 e. The molecule has 1 aromatic carbocycles. The average Bonchev–Trinajstić information content (AvgIpc) is 2.24. The van der Waals surface area contributed by atoms with Gasteiger partial charge in [0.2, 0.25) is 0 Å². The van der Waals surface area contributed by atoms with E-state index in [1.807, 2.05) is 18.2 Å². The Balaban J connectivity index is 0. The first-order valence-corrected chi connectivity index (χ1v) is 4.64. The van der Waals surface area contributed by atoms with E-state index in [0.717, 1.165) is 20.1 Å². The Morgan fingerprint density at radius 1 is 1.14 bits per heavy atom. The minimum absolute atomic E-state index is 0.250. The molecule has 0 spiro atoms. The summed E-state index contributed by atoms with van der Waals surface area (Å²) in [7, 11) is 1.00. The highest BCUT2D eigenvalue weighted by Gasteiger charge is 1.84. The van der Waals surface area contributed by atoms with Gasteiger partial charge >= 0.3 is 0 Å². The van der Waals surface area contributed by atoms with Crippen LogP contribution >= 0.6 is 0 Å². The molecule has 14 heavy (non-hydrogen) atoms. The fourth-order valence-electron chi connectivity index (χ4n) is 0.811. The Bertz CT molecular complexity index is 178. The van der Waals surface area contributed by atoms with Gasteiger partial charge in [0.15, 0.2) is 0 Å². The molecule has 3 nitrogen and oxygen atoms in total. The van der Waals surface area contributed by atoms with E-state index < -0.39 is 0 Å². The molecule has 0 aliphatic heterocycles. The highest BCUT2D eigenvalue weighted by Crippen LogP contribution is 1.96. The van der Waals surface area contributed by atoms with E-state index in [-0.39, 0.29) is 6.61 Å². The van der Waals surface area contributed by atoms with Gasteiger partial charge in [0, 0.05) is 13.7 Å². The second kappa shape index (κ2) is 14.6. The molecule has 0 fully saturated rings. The van der Waals surface area contributed by atoms with Crippen LogP contribution in [-0.2, 0) is 6.42 Å². The lowest BCUT2D eigenvalue weighted by Crippen LogP contribution is -2.01. The van der Waals surface area contributed by atoms with Gasteiger partial charge in [-0.1, -0.05) is 30.3 Å². The fraction of sp³-hybridized carbons (Fsp3) is 0.455. The van der Waals surface area contributed by atoms with Crippen molar-refractivity contribution >= 4 is 0 Å². The number of aliphatic hydroxyl groups is 2. The highest BCUT2D eigenvalue weighted by atomic mass is 16.2. The quantitative estimate of drug-likeness (QED) is 0.660. The molecular formula is C11H21NO2. The van der Waals surface area contributed by atoms with Crippen LogP contribution in [0.25, 0.3) is 0 Å². The molecule has 0 amide bonds. The molecule has 0 heterocycles. The van der Waals surface area contributed by atoms with Crippen LogP contribution in [0.15, 0.2) is 30.3 Å². The van der Waals surface area contributed by atoms with Crippen LogP contribution in [-0.4, -0.2) is 30.5 Å². The summed E-state index contributed by atoms with van der Waals surface area (Å²) in [4.78, 5) is 0. The molecule has 0 unspecified atom stereocenters. The zero-order valence-corrected chi connectivity index (χ0v) is 8.98. The first kappa shape index (κ1) is 15.6. The van der Waals surface area contributed by atoms with Crippen molar-refractivity contribution < 1.29 is 10.2 Å². The Hall–Kier alpha value is -0.900. The molecular weight excluding hydrogens is 178 g/mol. The first-order valence-electron chi connectivity index (χ1n) is 4.64. The van der Waals surface area contributed by atoms with Gasteiger partial charge in [-0.15, -0.1) is 0 Å². The number of benzene rings is 1. The molecule has 0 saturated heterocycles. The maximum absolute atomic E-state index is 7.57. The third-order valence-corrected chi connectivity index (χ3v) is 1.28. The molecule has 0 saturated carbocycles. The van der Waals surface area contributed by atoms with E-state index in [4.69, 9.17) is 15.9 Å². The molecule has 0 aliphatic rings. The summed E-state index contributed by atoms with van der Waals surface area (Å²) < 4.78 is 0. The van der Waals surface area contributed by atoms with Gasteiger partial charge in [-0.25, -0.2) is 0 Å². The zero-order valence-electron chi connectivity index (χ0n) is 8.98. The summed E-state index contributed by atoms with van der Waals surface area (Å²) >= 11 is 0. The van der Waals surface area contributed by atoms with Crippen molar-refractivity contribution in [2.45, 2.75) is 13.3 Å². The zero-order chi connectivity index (χ0) is 11.2. The maximum Gasteiger partial charge on any atom is 0.0402 e. The smallest absolute Gasteiger partial charge is 0.0402 e. The van der Waals surface area contributed by atoms with Crippen LogP contribution < -0.4 is 5.73 Å². The van der Waals surface area contributed by atoms with E-state index in [0.29, 0.717) is 0 Å². The van der Waals surface area contributed by atoms with Crippen LogP contribution in [0.1, 0.15) is 12.5 Å². The minimum atomic E-state index is 0.250. The lowest BCUT2D eigenvalue weighted by molar-refractivity contribution is 0.318. The van der Waals surface area contributed by atoms with E-state index in [9.17, 15) is 0 Å². The van der Waals surface area contributed by atoms with Gasteiger partial charge in [-0.3, -0.25) is 0 Å². The topological polar surface area (TPSA) is 66.5 Å². The lowest BCUT2D eigenvalue weighted by Gasteiger charge is -1.93. The monoisotopic (exact) mass is 199 g/mol. The maximum atomic E-state index is 7.57. The summed E-state index contributed by atoms with van der Waals surface area (Å²) in [6.07, 6.45) is 0.987. The number of hydrogen-bond acceptors (Lipinski definition) is 3. The Labute approximate surface area is 86.2 Å². The van der Waals surface area contributed by atoms with Crippen molar-refractivity contribution in [1.29, 1.82) is 0 Å². The molecule has 0 bridgehead atoms. The van der Waals surface area contributed by atoms with Gasteiger partial charge in [0.1, 0.15) is 0 Å². The van der Waals surface area contributed by atoms with Crippen LogP contribution in [0.5, 0.6) is 0 Å². The van der Waals surface area contributed by atoms with Crippen molar-refractivity contribution in [2.75, 3.05) is 20.3 Å². The van der Waals surface area contributed by atoms with Gasteiger partial charge < -0.3 is 15.9 Å². The highest BCUT2D eigenvalue weighted by molar-refractivity contribution is 5.14. The van der Waals surface area contributed by atoms with Gasteiger partial charge in [0.05, 0.1) is 0 Å². The first-order chi connectivity index (χ1) is 6.85. The second-order valence-corrected chi connectivity index (χ2v) is 2.34. The van der Waals surface area contributed by atoms with Crippen molar-refractivity contribution in [3.05, 3.63) is 35.9 Å².